The van der Waals surface area contributed by atoms with Crippen molar-refractivity contribution in [2.75, 3.05) is 6.61 Å². The molecule has 288 valence electrons. The zero-order valence-electron chi connectivity index (χ0n) is 32.7. The molecule has 7 heteroatoms. The van der Waals surface area contributed by atoms with Crippen molar-refractivity contribution in [3.05, 3.63) is 209 Å². The van der Waals surface area contributed by atoms with E-state index in [1.165, 1.54) is 10.4 Å². The van der Waals surface area contributed by atoms with Crippen LogP contribution in [0.1, 0.15) is 43.0 Å². The minimum atomic E-state index is -3.00. The number of hydroxylamine groups is 1. The molecule has 0 amide bonds. The second kappa shape index (κ2) is 20.1. The van der Waals surface area contributed by atoms with Crippen LogP contribution in [-0.4, -0.2) is 44.2 Å². The molecule has 0 N–H and O–H groups in total. The zero-order chi connectivity index (χ0) is 39.1. The van der Waals surface area contributed by atoms with Gasteiger partial charge < -0.3 is 23.8 Å². The molecule has 0 saturated heterocycles. The van der Waals surface area contributed by atoms with Gasteiger partial charge in [0, 0.05) is 5.56 Å². The molecule has 6 aromatic carbocycles. The van der Waals surface area contributed by atoms with Crippen LogP contribution in [0.3, 0.4) is 0 Å². The molecule has 0 heterocycles. The lowest BCUT2D eigenvalue weighted by Crippen LogP contribution is -2.67. The summed E-state index contributed by atoms with van der Waals surface area (Å²) < 4.78 is 29.1. The number of hydrogen-bond acceptors (Lipinski definition) is 5. The Morgan fingerprint density at radius 2 is 0.893 bits per heavy atom. The maximum atomic E-state index is 13.9. The largest absolute Gasteiger partial charge is 0.624 e. The third-order valence-electron chi connectivity index (χ3n) is 9.94. The molecule has 6 aromatic rings. The van der Waals surface area contributed by atoms with E-state index >= 15 is 0 Å². The van der Waals surface area contributed by atoms with E-state index in [-0.39, 0.29) is 31.4 Å². The Balaban J connectivity index is 1.44. The summed E-state index contributed by atoms with van der Waals surface area (Å²) in [6, 6.07) is 61.1. The summed E-state index contributed by atoms with van der Waals surface area (Å²) in [7, 11) is -3.00. The first-order valence-electron chi connectivity index (χ1n) is 19.4. The maximum Gasteiger partial charge on any atom is 0.261 e. The lowest BCUT2D eigenvalue weighted by Gasteiger charge is -2.44. The predicted molar refractivity (Wildman–Crippen MR) is 228 cm³/mol. The van der Waals surface area contributed by atoms with Crippen LogP contribution in [0.25, 0.3) is 0 Å². The van der Waals surface area contributed by atoms with E-state index in [0.29, 0.717) is 6.61 Å². The van der Waals surface area contributed by atoms with Gasteiger partial charge in [-0.05, 0) is 32.1 Å². The summed E-state index contributed by atoms with van der Waals surface area (Å²) in [4.78, 5) is 0. The molecule has 0 aliphatic carbocycles. The van der Waals surface area contributed by atoms with Crippen molar-refractivity contribution in [2.45, 2.75) is 70.5 Å². The van der Waals surface area contributed by atoms with E-state index in [1.807, 2.05) is 121 Å². The standard InChI is InChI=1S/C49H53NO5Si/c1-49(2,3)56(44-30-18-8-19-31-44,45-32-20-9-21-33-45)55-39-47(53-37-42-26-14-6-15-27-42)48(54-38-43-28-16-7-17-29-43)46(52-36-41-24-12-5-13-25-41)35-50(51)34-40-22-10-4-11-23-40/h4-33,35,46-48H,34,36-39H2,1-3H3/b50-35-/t46-,47+,48+/m1/s1. The van der Waals surface area contributed by atoms with Gasteiger partial charge in [0.2, 0.25) is 0 Å². The normalized spacial score (nSPS) is 13.9. The van der Waals surface area contributed by atoms with Crippen LogP contribution >= 0.6 is 0 Å². The average molecular weight is 764 g/mol. The SMILES string of the molecule is CC(C)(C)[Si](OC[C@H](OCc1ccccc1)[C@@H](OCc1ccccc1)[C@@H](/C=[N+](\[O-])Cc1ccccc1)OCc1ccccc1)(c1ccccc1)c1ccccc1. The topological polar surface area (TPSA) is 63.0 Å². The Bertz CT molecular complexity index is 1990. The molecule has 0 aliphatic rings. The molecule has 0 unspecified atom stereocenters. The third kappa shape index (κ3) is 11.0. The fourth-order valence-corrected chi connectivity index (χ4v) is 11.7. The molecule has 0 bridgehead atoms. The average Bonchev–Trinajstić information content (AvgIpc) is 3.23. The monoisotopic (exact) mass is 763 g/mol. The number of benzene rings is 6. The summed E-state index contributed by atoms with van der Waals surface area (Å²) in [6.45, 7) is 8.02. The van der Waals surface area contributed by atoms with Crippen LogP contribution < -0.4 is 10.4 Å². The first-order chi connectivity index (χ1) is 27.3. The molecule has 0 aliphatic heterocycles. The molecule has 0 radical (unpaired) electrons. The Morgan fingerprint density at radius 1 is 0.518 bits per heavy atom. The van der Waals surface area contributed by atoms with Crippen LogP contribution in [-0.2, 0) is 45.0 Å². The Hall–Kier alpha value is -5.15. The van der Waals surface area contributed by atoms with Crippen LogP contribution in [0.2, 0.25) is 5.04 Å². The molecule has 0 aromatic heterocycles. The van der Waals surface area contributed by atoms with Crippen molar-refractivity contribution < 1.29 is 23.4 Å². The Labute approximate surface area is 333 Å². The number of rotatable bonds is 19. The van der Waals surface area contributed by atoms with Gasteiger partial charge in [0.05, 0.1) is 26.4 Å². The van der Waals surface area contributed by atoms with Gasteiger partial charge >= 0.3 is 0 Å². The zero-order valence-corrected chi connectivity index (χ0v) is 33.7. The van der Waals surface area contributed by atoms with Gasteiger partial charge in [-0.2, -0.15) is 0 Å². The summed E-state index contributed by atoms with van der Waals surface area (Å²) in [5.74, 6) is 0. The summed E-state index contributed by atoms with van der Waals surface area (Å²) in [5.41, 5.74) is 3.90. The van der Waals surface area contributed by atoms with E-state index in [2.05, 4.69) is 81.4 Å². The van der Waals surface area contributed by atoms with Crippen molar-refractivity contribution >= 4 is 24.9 Å². The molecular formula is C49H53NO5Si. The maximum absolute atomic E-state index is 13.9. The lowest BCUT2D eigenvalue weighted by atomic mass is 10.1. The fraction of sp³-hybridized carbons (Fsp3) is 0.245. The quantitative estimate of drug-likeness (QED) is 0.0271. The molecule has 0 saturated carbocycles. The van der Waals surface area contributed by atoms with Crippen molar-refractivity contribution in [3.63, 3.8) is 0 Å². The van der Waals surface area contributed by atoms with Gasteiger partial charge in [0.25, 0.3) is 8.32 Å². The van der Waals surface area contributed by atoms with Crippen molar-refractivity contribution in [2.24, 2.45) is 0 Å². The van der Waals surface area contributed by atoms with Gasteiger partial charge in [0.15, 0.2) is 18.9 Å². The number of hydrogen-bond donors (Lipinski definition) is 0. The smallest absolute Gasteiger partial charge is 0.261 e. The number of nitrogens with zero attached hydrogens (tertiary/aromatic N) is 1. The van der Waals surface area contributed by atoms with Crippen LogP contribution in [0.15, 0.2) is 182 Å². The number of ether oxygens (including phenoxy) is 3. The van der Waals surface area contributed by atoms with Gasteiger partial charge in [-0.1, -0.05) is 203 Å². The highest BCUT2D eigenvalue weighted by molar-refractivity contribution is 6.99. The highest BCUT2D eigenvalue weighted by atomic mass is 28.4. The summed E-state index contributed by atoms with van der Waals surface area (Å²) in [6.07, 6.45) is -0.590. The third-order valence-corrected chi connectivity index (χ3v) is 14.9. The van der Waals surface area contributed by atoms with E-state index in [1.54, 1.807) is 6.21 Å². The summed E-state index contributed by atoms with van der Waals surface area (Å²) >= 11 is 0. The van der Waals surface area contributed by atoms with Gasteiger partial charge in [0.1, 0.15) is 12.2 Å². The van der Waals surface area contributed by atoms with Crippen molar-refractivity contribution in [3.8, 4) is 0 Å². The molecule has 56 heavy (non-hydrogen) atoms. The highest BCUT2D eigenvalue weighted by Gasteiger charge is 2.51. The van der Waals surface area contributed by atoms with Crippen molar-refractivity contribution in [1.82, 2.24) is 0 Å². The first-order valence-corrected chi connectivity index (χ1v) is 21.3. The van der Waals surface area contributed by atoms with Gasteiger partial charge in [-0.3, -0.25) is 0 Å². The highest BCUT2D eigenvalue weighted by Crippen LogP contribution is 2.37. The fourth-order valence-electron chi connectivity index (χ4n) is 7.13. The minimum absolute atomic E-state index is 0.158. The van der Waals surface area contributed by atoms with Gasteiger partial charge in [-0.25, -0.2) is 4.74 Å². The minimum Gasteiger partial charge on any atom is -0.624 e. The Kier molecular flexibility index (Phi) is 14.6. The van der Waals surface area contributed by atoms with Crippen molar-refractivity contribution in [1.29, 1.82) is 0 Å². The van der Waals surface area contributed by atoms with Crippen LogP contribution in [0.4, 0.5) is 0 Å². The van der Waals surface area contributed by atoms with Crippen LogP contribution in [0.5, 0.6) is 0 Å². The van der Waals surface area contributed by atoms with E-state index in [0.717, 1.165) is 27.0 Å². The molecule has 0 fully saturated rings. The van der Waals surface area contributed by atoms with Crippen LogP contribution in [0, 0.1) is 5.21 Å². The molecular weight excluding hydrogens is 711 g/mol. The first kappa shape index (κ1) is 40.5. The van der Waals surface area contributed by atoms with Gasteiger partial charge in [-0.15, -0.1) is 0 Å². The predicted octanol–water partition coefficient (Wildman–Crippen LogP) is 9.10. The van der Waals surface area contributed by atoms with E-state index < -0.39 is 26.6 Å². The second-order valence-electron chi connectivity index (χ2n) is 15.0. The molecule has 0 spiro atoms. The summed E-state index contributed by atoms with van der Waals surface area (Å²) in [5, 5.41) is 16.0. The second-order valence-corrected chi connectivity index (χ2v) is 19.3. The molecule has 3 atom stereocenters. The molecule has 6 nitrogen and oxygen atoms in total. The van der Waals surface area contributed by atoms with E-state index in [4.69, 9.17) is 18.6 Å². The molecule has 6 rings (SSSR count). The lowest BCUT2D eigenvalue weighted by molar-refractivity contribution is -0.473. The van der Waals surface area contributed by atoms with E-state index in [9.17, 15) is 5.21 Å². The Morgan fingerprint density at radius 3 is 1.32 bits per heavy atom.